The summed E-state index contributed by atoms with van der Waals surface area (Å²) in [6.07, 6.45) is 2.39. The fourth-order valence-electron chi connectivity index (χ4n) is 4.32. The first-order valence-electron chi connectivity index (χ1n) is 10.3. The summed E-state index contributed by atoms with van der Waals surface area (Å²) in [5.74, 6) is 2.36. The van der Waals surface area contributed by atoms with E-state index < -0.39 is 0 Å². The highest BCUT2D eigenvalue weighted by molar-refractivity contribution is 5.90. The Kier molecular flexibility index (Phi) is 5.31. The first kappa shape index (κ1) is 18.9. The highest BCUT2D eigenvalue weighted by Crippen LogP contribution is 2.33. The van der Waals surface area contributed by atoms with E-state index in [4.69, 9.17) is 9.97 Å². The maximum absolute atomic E-state index is 4.77. The molecule has 2 heterocycles. The second-order valence-electron chi connectivity index (χ2n) is 8.15. The molecule has 28 heavy (non-hydrogen) atoms. The average Bonchev–Trinajstić information content (AvgIpc) is 2.68. The van der Waals surface area contributed by atoms with Gasteiger partial charge in [0, 0.05) is 11.4 Å². The van der Waals surface area contributed by atoms with Gasteiger partial charge >= 0.3 is 0 Å². The molecular formula is C24H30N4. The number of hydrogen-bond acceptors (Lipinski definition) is 4. The lowest BCUT2D eigenvalue weighted by atomic mass is 9.86. The fraction of sp³-hybridized carbons (Fsp3) is 0.417. The number of rotatable bonds is 4. The molecule has 0 spiro atoms. The summed E-state index contributed by atoms with van der Waals surface area (Å²) < 4.78 is 0. The van der Waals surface area contributed by atoms with Gasteiger partial charge in [0.2, 0.25) is 0 Å². The molecule has 0 bridgehead atoms. The Labute approximate surface area is 167 Å². The van der Waals surface area contributed by atoms with E-state index in [1.165, 1.54) is 35.1 Å². The second kappa shape index (κ2) is 7.88. The average molecular weight is 375 g/mol. The highest BCUT2D eigenvalue weighted by atomic mass is 15.0. The number of fused-ring (bicyclic) bond motifs is 1. The van der Waals surface area contributed by atoms with Crippen molar-refractivity contribution >= 4 is 16.7 Å². The molecule has 2 aromatic carbocycles. The van der Waals surface area contributed by atoms with Crippen molar-refractivity contribution in [2.75, 3.05) is 18.4 Å². The zero-order valence-corrected chi connectivity index (χ0v) is 17.3. The van der Waals surface area contributed by atoms with Crippen molar-refractivity contribution in [3.8, 4) is 0 Å². The molecule has 1 atom stereocenters. The zero-order chi connectivity index (χ0) is 19.7. The van der Waals surface area contributed by atoms with Gasteiger partial charge in [-0.2, -0.15) is 0 Å². The number of aryl methyl sites for hydroxylation is 3. The van der Waals surface area contributed by atoms with Crippen molar-refractivity contribution in [1.29, 1.82) is 0 Å². The van der Waals surface area contributed by atoms with Crippen LogP contribution in [0.4, 0.5) is 5.82 Å². The van der Waals surface area contributed by atoms with Crippen LogP contribution >= 0.6 is 0 Å². The van der Waals surface area contributed by atoms with E-state index in [1.807, 2.05) is 6.92 Å². The minimum atomic E-state index is 0.182. The SMILES string of the molecule is Cc1cccc([C@@H](C)Nc2nc(C)nc3cc(C)c(C4CCNCC4)cc23)c1. The Morgan fingerprint density at radius 3 is 2.57 bits per heavy atom. The van der Waals surface area contributed by atoms with E-state index in [0.29, 0.717) is 5.92 Å². The summed E-state index contributed by atoms with van der Waals surface area (Å²) in [5, 5.41) is 8.26. The van der Waals surface area contributed by atoms with E-state index in [1.54, 1.807) is 0 Å². The molecule has 4 rings (SSSR count). The van der Waals surface area contributed by atoms with Crippen molar-refractivity contribution in [3.63, 3.8) is 0 Å². The Morgan fingerprint density at radius 2 is 1.82 bits per heavy atom. The van der Waals surface area contributed by atoms with Gasteiger partial charge < -0.3 is 10.6 Å². The smallest absolute Gasteiger partial charge is 0.138 e. The fourth-order valence-corrected chi connectivity index (χ4v) is 4.32. The van der Waals surface area contributed by atoms with Crippen molar-refractivity contribution in [2.45, 2.75) is 52.5 Å². The third kappa shape index (κ3) is 3.88. The van der Waals surface area contributed by atoms with Gasteiger partial charge in [-0.3, -0.25) is 0 Å². The first-order valence-corrected chi connectivity index (χ1v) is 10.3. The number of nitrogens with one attached hydrogen (secondary N) is 2. The van der Waals surface area contributed by atoms with E-state index in [2.05, 4.69) is 67.8 Å². The maximum atomic E-state index is 4.77. The standard InChI is InChI=1S/C24H30N4/c1-15-6-5-7-20(12-15)17(3)26-24-22-14-21(19-8-10-25-11-9-19)16(2)13-23(22)27-18(4)28-24/h5-7,12-14,17,19,25H,8-11H2,1-4H3,(H,26,27,28)/t17-/m1/s1. The normalized spacial score (nSPS) is 16.3. The number of nitrogens with zero attached hydrogens (tertiary/aromatic N) is 2. The molecule has 1 aliphatic rings. The van der Waals surface area contributed by atoms with Crippen molar-refractivity contribution < 1.29 is 0 Å². The molecule has 0 aliphatic carbocycles. The molecule has 0 unspecified atom stereocenters. The Balaban J connectivity index is 1.74. The van der Waals surface area contributed by atoms with Crippen LogP contribution in [0.25, 0.3) is 10.9 Å². The van der Waals surface area contributed by atoms with Gasteiger partial charge in [-0.25, -0.2) is 9.97 Å². The lowest BCUT2D eigenvalue weighted by molar-refractivity contribution is 0.459. The van der Waals surface area contributed by atoms with Crippen LogP contribution in [0, 0.1) is 20.8 Å². The lowest BCUT2D eigenvalue weighted by Crippen LogP contribution is -2.27. The molecule has 146 valence electrons. The summed E-state index contributed by atoms with van der Waals surface area (Å²) in [6, 6.07) is 13.4. The predicted octanol–water partition coefficient (Wildman–Crippen LogP) is 5.20. The summed E-state index contributed by atoms with van der Waals surface area (Å²) in [6.45, 7) is 10.7. The Hall–Kier alpha value is -2.46. The van der Waals surface area contributed by atoms with E-state index in [9.17, 15) is 0 Å². The van der Waals surface area contributed by atoms with E-state index >= 15 is 0 Å². The lowest BCUT2D eigenvalue weighted by Gasteiger charge is -2.25. The first-order chi connectivity index (χ1) is 13.5. The topological polar surface area (TPSA) is 49.8 Å². The van der Waals surface area contributed by atoms with E-state index in [0.717, 1.165) is 35.6 Å². The summed E-state index contributed by atoms with van der Waals surface area (Å²) in [4.78, 5) is 9.48. The third-order valence-electron chi connectivity index (χ3n) is 5.87. The largest absolute Gasteiger partial charge is 0.363 e. The monoisotopic (exact) mass is 374 g/mol. The molecule has 0 amide bonds. The number of aromatic nitrogens is 2. The third-order valence-corrected chi connectivity index (χ3v) is 5.87. The van der Waals surface area contributed by atoms with Gasteiger partial charge in [0.1, 0.15) is 11.6 Å². The van der Waals surface area contributed by atoms with Gasteiger partial charge in [-0.05, 0) is 88.4 Å². The number of benzene rings is 2. The molecule has 4 heteroatoms. The molecular weight excluding hydrogens is 344 g/mol. The van der Waals surface area contributed by atoms with Crippen LogP contribution in [0.1, 0.15) is 59.8 Å². The molecule has 0 radical (unpaired) electrons. The summed E-state index contributed by atoms with van der Waals surface area (Å²) in [5.41, 5.74) is 6.37. The molecule has 1 fully saturated rings. The molecule has 1 saturated heterocycles. The highest BCUT2D eigenvalue weighted by Gasteiger charge is 2.19. The quantitative estimate of drug-likeness (QED) is 0.659. The number of anilines is 1. The van der Waals surface area contributed by atoms with Gasteiger partial charge in [0.25, 0.3) is 0 Å². The molecule has 2 N–H and O–H groups in total. The maximum Gasteiger partial charge on any atom is 0.138 e. The zero-order valence-electron chi connectivity index (χ0n) is 17.3. The summed E-state index contributed by atoms with van der Waals surface area (Å²) >= 11 is 0. The molecule has 1 aromatic heterocycles. The van der Waals surface area contributed by atoms with Gasteiger partial charge in [-0.15, -0.1) is 0 Å². The Bertz CT molecular complexity index is 989. The predicted molar refractivity (Wildman–Crippen MR) is 117 cm³/mol. The number of hydrogen-bond donors (Lipinski definition) is 2. The molecule has 3 aromatic rings. The van der Waals surface area contributed by atoms with Crippen LogP contribution in [0.5, 0.6) is 0 Å². The number of piperidine rings is 1. The molecule has 4 nitrogen and oxygen atoms in total. The minimum absolute atomic E-state index is 0.182. The van der Waals surface area contributed by atoms with Gasteiger partial charge in [-0.1, -0.05) is 29.8 Å². The van der Waals surface area contributed by atoms with Crippen LogP contribution in [0.2, 0.25) is 0 Å². The molecule has 0 saturated carbocycles. The van der Waals surface area contributed by atoms with Crippen LogP contribution < -0.4 is 10.6 Å². The molecule has 1 aliphatic heterocycles. The van der Waals surface area contributed by atoms with Crippen LogP contribution in [0.3, 0.4) is 0 Å². The van der Waals surface area contributed by atoms with Crippen molar-refractivity contribution in [1.82, 2.24) is 15.3 Å². The minimum Gasteiger partial charge on any atom is -0.363 e. The van der Waals surface area contributed by atoms with Crippen LogP contribution in [-0.4, -0.2) is 23.1 Å². The van der Waals surface area contributed by atoms with Gasteiger partial charge in [0.05, 0.1) is 5.52 Å². The van der Waals surface area contributed by atoms with E-state index in [-0.39, 0.29) is 6.04 Å². The Morgan fingerprint density at radius 1 is 1.04 bits per heavy atom. The van der Waals surface area contributed by atoms with Crippen LogP contribution in [-0.2, 0) is 0 Å². The van der Waals surface area contributed by atoms with Crippen molar-refractivity contribution in [2.24, 2.45) is 0 Å². The van der Waals surface area contributed by atoms with Crippen LogP contribution in [0.15, 0.2) is 36.4 Å². The summed E-state index contributed by atoms with van der Waals surface area (Å²) in [7, 11) is 0. The van der Waals surface area contributed by atoms with Gasteiger partial charge in [0.15, 0.2) is 0 Å². The second-order valence-corrected chi connectivity index (χ2v) is 8.15. The van der Waals surface area contributed by atoms with Crippen molar-refractivity contribution in [3.05, 3.63) is 64.5 Å².